The van der Waals surface area contributed by atoms with Crippen LogP contribution in [0.5, 0.6) is 0 Å². The first kappa shape index (κ1) is 12.7. The van der Waals surface area contributed by atoms with Crippen molar-refractivity contribution in [3.63, 3.8) is 0 Å². The predicted molar refractivity (Wildman–Crippen MR) is 69.9 cm³/mol. The molecular weight excluding hydrogens is 220 g/mol. The fraction of sp³-hybridized carbons (Fsp3) is 1.00. The fourth-order valence-electron chi connectivity index (χ4n) is 2.98. The van der Waals surface area contributed by atoms with Gasteiger partial charge in [0.15, 0.2) is 0 Å². The molecule has 16 heavy (non-hydrogen) atoms. The van der Waals surface area contributed by atoms with Crippen molar-refractivity contribution in [1.29, 1.82) is 0 Å². The maximum absolute atomic E-state index is 6.05. The van der Waals surface area contributed by atoms with E-state index in [4.69, 9.17) is 10.5 Å². The molecule has 2 unspecified atom stereocenters. The van der Waals surface area contributed by atoms with Gasteiger partial charge in [-0.15, -0.1) is 0 Å². The van der Waals surface area contributed by atoms with Gasteiger partial charge < -0.3 is 10.5 Å². The van der Waals surface area contributed by atoms with Crippen LogP contribution < -0.4 is 5.73 Å². The molecule has 0 aromatic rings. The van der Waals surface area contributed by atoms with E-state index in [0.29, 0.717) is 4.75 Å². The van der Waals surface area contributed by atoms with Gasteiger partial charge in [-0.05, 0) is 27.2 Å². The molecule has 2 rings (SSSR count). The molecule has 0 saturated carbocycles. The summed E-state index contributed by atoms with van der Waals surface area (Å²) in [6, 6.07) is 0. The molecular formula is C12H24N2OS. The largest absolute Gasteiger partial charge is 0.376 e. The molecule has 2 heterocycles. The van der Waals surface area contributed by atoms with Crippen molar-refractivity contribution in [1.82, 2.24) is 4.90 Å². The average molecular weight is 244 g/mol. The molecule has 0 radical (unpaired) electrons. The van der Waals surface area contributed by atoms with Crippen LogP contribution in [0.1, 0.15) is 27.2 Å². The summed E-state index contributed by atoms with van der Waals surface area (Å²) in [5.74, 6) is 1.21. The number of hydrogen-bond donors (Lipinski definition) is 1. The van der Waals surface area contributed by atoms with Crippen LogP contribution >= 0.6 is 11.8 Å². The van der Waals surface area contributed by atoms with Gasteiger partial charge in [-0.2, -0.15) is 11.8 Å². The van der Waals surface area contributed by atoms with Gasteiger partial charge in [0.25, 0.3) is 0 Å². The molecule has 2 aliphatic rings. The first-order chi connectivity index (χ1) is 7.50. The summed E-state index contributed by atoms with van der Waals surface area (Å²) < 4.78 is 6.10. The SMILES string of the molecule is CC1OCCC1(CN)N1CCSC(C)(C)C1. The van der Waals surface area contributed by atoms with E-state index < -0.39 is 0 Å². The zero-order chi connectivity index (χ0) is 11.8. The molecule has 94 valence electrons. The van der Waals surface area contributed by atoms with Gasteiger partial charge in [-0.25, -0.2) is 0 Å². The summed E-state index contributed by atoms with van der Waals surface area (Å²) in [6.07, 6.45) is 1.36. The molecule has 0 aromatic heterocycles. The molecule has 0 amide bonds. The lowest BCUT2D eigenvalue weighted by Gasteiger charge is -2.48. The van der Waals surface area contributed by atoms with Gasteiger partial charge in [-0.3, -0.25) is 4.90 Å². The van der Waals surface area contributed by atoms with E-state index in [9.17, 15) is 0 Å². The summed E-state index contributed by atoms with van der Waals surface area (Å²) in [5, 5.41) is 0. The summed E-state index contributed by atoms with van der Waals surface area (Å²) in [7, 11) is 0. The number of nitrogens with zero attached hydrogens (tertiary/aromatic N) is 1. The lowest BCUT2D eigenvalue weighted by Crippen LogP contribution is -2.62. The smallest absolute Gasteiger partial charge is 0.0743 e. The summed E-state index contributed by atoms with van der Waals surface area (Å²) in [4.78, 5) is 2.58. The van der Waals surface area contributed by atoms with E-state index in [1.165, 1.54) is 5.75 Å². The Bertz CT molecular complexity index is 259. The minimum Gasteiger partial charge on any atom is -0.376 e. The topological polar surface area (TPSA) is 38.5 Å². The molecule has 3 nitrogen and oxygen atoms in total. The van der Waals surface area contributed by atoms with Gasteiger partial charge in [0.1, 0.15) is 0 Å². The Morgan fingerprint density at radius 2 is 2.25 bits per heavy atom. The summed E-state index contributed by atoms with van der Waals surface area (Å²) >= 11 is 2.07. The molecule has 4 heteroatoms. The summed E-state index contributed by atoms with van der Waals surface area (Å²) in [5.41, 5.74) is 6.15. The van der Waals surface area contributed by atoms with Crippen molar-refractivity contribution in [3.8, 4) is 0 Å². The number of hydrogen-bond acceptors (Lipinski definition) is 4. The zero-order valence-electron chi connectivity index (χ0n) is 10.7. The lowest BCUT2D eigenvalue weighted by atomic mass is 9.88. The molecule has 2 saturated heterocycles. The lowest BCUT2D eigenvalue weighted by molar-refractivity contribution is 0.0120. The molecule has 0 spiro atoms. The van der Waals surface area contributed by atoms with E-state index in [-0.39, 0.29) is 11.6 Å². The van der Waals surface area contributed by atoms with E-state index in [0.717, 1.165) is 32.7 Å². The van der Waals surface area contributed by atoms with Crippen LogP contribution in [0.4, 0.5) is 0 Å². The molecule has 0 bridgehead atoms. The quantitative estimate of drug-likeness (QED) is 0.795. The first-order valence-electron chi connectivity index (χ1n) is 6.21. The Kier molecular flexibility index (Phi) is 3.55. The van der Waals surface area contributed by atoms with Crippen LogP contribution in [0.2, 0.25) is 0 Å². The third-order valence-electron chi connectivity index (χ3n) is 4.07. The van der Waals surface area contributed by atoms with Gasteiger partial charge in [0, 0.05) is 36.7 Å². The Morgan fingerprint density at radius 1 is 1.50 bits per heavy atom. The van der Waals surface area contributed by atoms with E-state index in [1.807, 2.05) is 0 Å². The van der Waals surface area contributed by atoms with Gasteiger partial charge in [0.2, 0.25) is 0 Å². The second-order valence-corrected chi connectivity index (χ2v) is 7.40. The zero-order valence-corrected chi connectivity index (χ0v) is 11.5. The van der Waals surface area contributed by atoms with Crippen molar-refractivity contribution in [3.05, 3.63) is 0 Å². The summed E-state index contributed by atoms with van der Waals surface area (Å²) in [6.45, 7) is 10.7. The predicted octanol–water partition coefficient (Wildman–Crippen LogP) is 1.32. The van der Waals surface area contributed by atoms with E-state index in [1.54, 1.807) is 0 Å². The molecule has 2 fully saturated rings. The van der Waals surface area contributed by atoms with Crippen LogP contribution in [-0.2, 0) is 4.74 Å². The Hall–Kier alpha value is 0.230. The minimum absolute atomic E-state index is 0.0955. The molecule has 0 aromatic carbocycles. The number of thioether (sulfide) groups is 1. The second kappa shape index (κ2) is 4.48. The highest BCUT2D eigenvalue weighted by Crippen LogP contribution is 2.38. The van der Waals surface area contributed by atoms with Crippen molar-refractivity contribution in [2.24, 2.45) is 5.73 Å². The number of ether oxygens (including phenoxy) is 1. The maximum atomic E-state index is 6.05. The average Bonchev–Trinajstić information content (AvgIpc) is 2.59. The van der Waals surface area contributed by atoms with Crippen molar-refractivity contribution >= 4 is 11.8 Å². The normalized spacial score (nSPS) is 40.1. The third-order valence-corrected chi connectivity index (χ3v) is 5.37. The standard InChI is InChI=1S/C12H24N2OS/c1-10-12(8-13,4-6-15-10)14-5-7-16-11(2,3)9-14/h10H,4-9,13H2,1-3H3. The number of nitrogens with two attached hydrogens (primary N) is 1. The minimum atomic E-state index is 0.0955. The highest BCUT2D eigenvalue weighted by Gasteiger charge is 2.47. The monoisotopic (exact) mass is 244 g/mol. The first-order valence-corrected chi connectivity index (χ1v) is 7.19. The van der Waals surface area contributed by atoms with Gasteiger partial charge >= 0.3 is 0 Å². The van der Waals surface area contributed by atoms with Gasteiger partial charge in [0.05, 0.1) is 11.6 Å². The molecule has 0 aliphatic carbocycles. The Morgan fingerprint density at radius 3 is 2.75 bits per heavy atom. The van der Waals surface area contributed by atoms with Crippen LogP contribution in [0.15, 0.2) is 0 Å². The molecule has 2 aliphatic heterocycles. The molecule has 2 N–H and O–H groups in total. The second-order valence-electron chi connectivity index (χ2n) is 5.60. The van der Waals surface area contributed by atoms with E-state index >= 15 is 0 Å². The highest BCUT2D eigenvalue weighted by atomic mass is 32.2. The van der Waals surface area contributed by atoms with Crippen LogP contribution in [0, 0.1) is 0 Å². The van der Waals surface area contributed by atoms with Crippen molar-refractivity contribution < 1.29 is 4.74 Å². The van der Waals surface area contributed by atoms with Crippen LogP contribution in [0.3, 0.4) is 0 Å². The number of rotatable bonds is 2. The fourth-order valence-corrected chi connectivity index (χ4v) is 4.09. The van der Waals surface area contributed by atoms with Gasteiger partial charge in [-0.1, -0.05) is 0 Å². The maximum Gasteiger partial charge on any atom is 0.0743 e. The van der Waals surface area contributed by atoms with E-state index in [2.05, 4.69) is 37.4 Å². The molecule has 2 atom stereocenters. The highest BCUT2D eigenvalue weighted by molar-refractivity contribution is 8.00. The van der Waals surface area contributed by atoms with Crippen LogP contribution in [0.25, 0.3) is 0 Å². The van der Waals surface area contributed by atoms with Crippen molar-refractivity contribution in [2.45, 2.75) is 43.6 Å². The Balaban J connectivity index is 2.15. The third kappa shape index (κ3) is 2.13. The van der Waals surface area contributed by atoms with Crippen LogP contribution in [-0.4, -0.2) is 53.3 Å². The van der Waals surface area contributed by atoms with Crippen molar-refractivity contribution in [2.75, 3.05) is 32.0 Å². The Labute approximate surface area is 103 Å².